The van der Waals surface area contributed by atoms with Crippen LogP contribution in [-0.4, -0.2) is 19.2 Å². The molecule has 0 fully saturated rings. The van der Waals surface area contributed by atoms with Crippen molar-refractivity contribution in [3.8, 4) is 5.75 Å². The average Bonchev–Trinajstić information content (AvgIpc) is 2.38. The molecule has 4 heteroatoms. The van der Waals surface area contributed by atoms with Gasteiger partial charge in [0.1, 0.15) is 5.75 Å². The Morgan fingerprint density at radius 1 is 1.39 bits per heavy atom. The van der Waals surface area contributed by atoms with E-state index in [9.17, 15) is 4.79 Å². The smallest absolute Gasteiger partial charge is 0.309 e. The van der Waals surface area contributed by atoms with Gasteiger partial charge in [0, 0.05) is 0 Å². The Balaban J connectivity index is 2.22. The first-order valence-electron chi connectivity index (χ1n) is 6.26. The second kappa shape index (κ2) is 7.58. The lowest BCUT2D eigenvalue weighted by atomic mass is 10.1. The molecule has 0 spiro atoms. The third kappa shape index (κ3) is 5.08. The fourth-order valence-corrected chi connectivity index (χ4v) is 1.28. The zero-order valence-electron chi connectivity index (χ0n) is 11.0. The summed E-state index contributed by atoms with van der Waals surface area (Å²) in [5.41, 5.74) is 6.29. The van der Waals surface area contributed by atoms with Gasteiger partial charge in [0.2, 0.25) is 0 Å². The number of hydrogen-bond acceptors (Lipinski definition) is 4. The number of ether oxygens (including phenoxy) is 2. The maximum Gasteiger partial charge on any atom is 0.309 e. The number of carbonyl (C=O) groups is 1. The number of para-hydroxylation sites is 2. The summed E-state index contributed by atoms with van der Waals surface area (Å²) >= 11 is 0. The van der Waals surface area contributed by atoms with Crippen LogP contribution >= 0.6 is 0 Å². The van der Waals surface area contributed by atoms with E-state index in [4.69, 9.17) is 15.2 Å². The Morgan fingerprint density at radius 2 is 2.11 bits per heavy atom. The fourth-order valence-electron chi connectivity index (χ4n) is 1.28. The molecule has 1 rings (SSSR count). The van der Waals surface area contributed by atoms with Crippen molar-refractivity contribution >= 4 is 11.7 Å². The highest BCUT2D eigenvalue weighted by molar-refractivity contribution is 5.69. The van der Waals surface area contributed by atoms with Gasteiger partial charge in [-0.15, -0.1) is 0 Å². The van der Waals surface area contributed by atoms with Gasteiger partial charge < -0.3 is 15.2 Å². The lowest BCUT2D eigenvalue weighted by molar-refractivity contribution is -0.145. The van der Waals surface area contributed by atoms with Crippen molar-refractivity contribution < 1.29 is 14.3 Å². The van der Waals surface area contributed by atoms with Gasteiger partial charge >= 0.3 is 5.97 Å². The zero-order chi connectivity index (χ0) is 13.4. The molecule has 0 saturated carbocycles. The second-order valence-electron chi connectivity index (χ2n) is 4.33. The summed E-state index contributed by atoms with van der Waals surface area (Å²) in [6.45, 7) is 4.88. The molecular weight excluding hydrogens is 230 g/mol. The van der Waals surface area contributed by atoms with Crippen LogP contribution in [0.15, 0.2) is 24.3 Å². The molecule has 1 atom stereocenters. The number of nitrogen functional groups attached to an aromatic ring is 1. The van der Waals surface area contributed by atoms with Crippen molar-refractivity contribution in [1.29, 1.82) is 0 Å². The number of carbonyl (C=O) groups excluding carboxylic acids is 1. The summed E-state index contributed by atoms with van der Waals surface area (Å²) < 4.78 is 10.5. The molecule has 0 bridgehead atoms. The number of hydrogen-bond donors (Lipinski definition) is 1. The van der Waals surface area contributed by atoms with E-state index in [0.717, 1.165) is 6.42 Å². The molecule has 0 aliphatic carbocycles. The number of nitrogens with two attached hydrogens (primary N) is 1. The lowest BCUT2D eigenvalue weighted by Crippen LogP contribution is -2.14. The molecular formula is C14H21NO3. The first-order valence-corrected chi connectivity index (χ1v) is 6.26. The van der Waals surface area contributed by atoms with Crippen molar-refractivity contribution in [1.82, 2.24) is 0 Å². The second-order valence-corrected chi connectivity index (χ2v) is 4.33. The van der Waals surface area contributed by atoms with Crippen molar-refractivity contribution in [2.75, 3.05) is 18.9 Å². The van der Waals surface area contributed by atoms with E-state index in [1.807, 2.05) is 12.1 Å². The lowest BCUT2D eigenvalue weighted by Gasteiger charge is -2.10. The average molecular weight is 251 g/mol. The molecule has 100 valence electrons. The largest absolute Gasteiger partial charge is 0.491 e. The molecule has 0 saturated heterocycles. The molecule has 4 nitrogen and oxygen atoms in total. The number of anilines is 1. The van der Waals surface area contributed by atoms with E-state index in [0.29, 0.717) is 24.0 Å². The summed E-state index contributed by atoms with van der Waals surface area (Å²) in [6.07, 6.45) is 1.25. The Hall–Kier alpha value is -1.71. The van der Waals surface area contributed by atoms with Gasteiger partial charge in [0.15, 0.2) is 0 Å². The van der Waals surface area contributed by atoms with E-state index in [1.54, 1.807) is 12.1 Å². The first-order chi connectivity index (χ1) is 8.63. The van der Waals surface area contributed by atoms with E-state index >= 15 is 0 Å². The summed E-state index contributed by atoms with van der Waals surface area (Å²) in [4.78, 5) is 11.4. The SMILES string of the molecule is CCC(C)COC(=O)CCOc1ccccc1N. The summed E-state index contributed by atoms with van der Waals surface area (Å²) in [5, 5.41) is 0. The van der Waals surface area contributed by atoms with Crippen LogP contribution in [0.25, 0.3) is 0 Å². The highest BCUT2D eigenvalue weighted by Gasteiger charge is 2.07. The van der Waals surface area contributed by atoms with Crippen molar-refractivity contribution in [2.45, 2.75) is 26.7 Å². The number of rotatable bonds is 7. The molecule has 0 radical (unpaired) electrons. The number of esters is 1. The zero-order valence-corrected chi connectivity index (χ0v) is 11.0. The quantitative estimate of drug-likeness (QED) is 0.597. The van der Waals surface area contributed by atoms with Crippen LogP contribution < -0.4 is 10.5 Å². The Morgan fingerprint density at radius 3 is 2.78 bits per heavy atom. The molecule has 0 heterocycles. The topological polar surface area (TPSA) is 61.5 Å². The third-order valence-electron chi connectivity index (χ3n) is 2.71. The van der Waals surface area contributed by atoms with Crippen LogP contribution in [0.1, 0.15) is 26.7 Å². The van der Waals surface area contributed by atoms with E-state index in [2.05, 4.69) is 13.8 Å². The van der Waals surface area contributed by atoms with Crippen LogP contribution in [0.2, 0.25) is 0 Å². The normalized spacial score (nSPS) is 11.9. The minimum atomic E-state index is -0.232. The Kier molecular flexibility index (Phi) is 6.05. The molecule has 0 aromatic heterocycles. The third-order valence-corrected chi connectivity index (χ3v) is 2.71. The number of benzene rings is 1. The molecule has 0 amide bonds. The standard InChI is InChI=1S/C14H21NO3/c1-3-11(2)10-18-14(16)8-9-17-13-7-5-4-6-12(13)15/h4-7,11H,3,8-10,15H2,1-2H3. The highest BCUT2D eigenvalue weighted by atomic mass is 16.5. The monoisotopic (exact) mass is 251 g/mol. The predicted octanol–water partition coefficient (Wildman–Crippen LogP) is 2.63. The first kappa shape index (κ1) is 14.4. The van der Waals surface area contributed by atoms with Gasteiger partial charge in [0.05, 0.1) is 25.3 Å². The van der Waals surface area contributed by atoms with Gasteiger partial charge in [0.25, 0.3) is 0 Å². The van der Waals surface area contributed by atoms with E-state index < -0.39 is 0 Å². The van der Waals surface area contributed by atoms with Crippen molar-refractivity contribution in [3.05, 3.63) is 24.3 Å². The van der Waals surface area contributed by atoms with Gasteiger partial charge in [-0.1, -0.05) is 32.4 Å². The van der Waals surface area contributed by atoms with Crippen LogP contribution in [0.5, 0.6) is 5.75 Å². The Labute approximate surface area is 108 Å². The van der Waals surface area contributed by atoms with Gasteiger partial charge in [-0.3, -0.25) is 4.79 Å². The molecule has 0 aliphatic rings. The molecule has 18 heavy (non-hydrogen) atoms. The molecule has 1 aromatic rings. The molecule has 1 aromatic carbocycles. The minimum Gasteiger partial charge on any atom is -0.491 e. The van der Waals surface area contributed by atoms with Gasteiger partial charge in [-0.2, -0.15) is 0 Å². The summed E-state index contributed by atoms with van der Waals surface area (Å²) in [7, 11) is 0. The minimum absolute atomic E-state index is 0.232. The van der Waals surface area contributed by atoms with Crippen LogP contribution in [0, 0.1) is 5.92 Å². The Bertz CT molecular complexity index is 379. The predicted molar refractivity (Wildman–Crippen MR) is 71.4 cm³/mol. The summed E-state index contributed by atoms with van der Waals surface area (Å²) in [5.74, 6) is 0.775. The molecule has 0 aliphatic heterocycles. The van der Waals surface area contributed by atoms with Crippen LogP contribution in [0.4, 0.5) is 5.69 Å². The fraction of sp³-hybridized carbons (Fsp3) is 0.500. The van der Waals surface area contributed by atoms with Crippen LogP contribution in [0.3, 0.4) is 0 Å². The van der Waals surface area contributed by atoms with E-state index in [-0.39, 0.29) is 19.0 Å². The molecule has 1 unspecified atom stereocenters. The van der Waals surface area contributed by atoms with Crippen LogP contribution in [-0.2, 0) is 9.53 Å². The van der Waals surface area contributed by atoms with Gasteiger partial charge in [-0.05, 0) is 18.1 Å². The van der Waals surface area contributed by atoms with Crippen molar-refractivity contribution in [3.63, 3.8) is 0 Å². The highest BCUT2D eigenvalue weighted by Crippen LogP contribution is 2.19. The van der Waals surface area contributed by atoms with E-state index in [1.165, 1.54) is 0 Å². The van der Waals surface area contributed by atoms with Gasteiger partial charge in [-0.25, -0.2) is 0 Å². The maximum absolute atomic E-state index is 11.4. The van der Waals surface area contributed by atoms with Crippen molar-refractivity contribution in [2.24, 2.45) is 5.92 Å². The molecule has 2 N–H and O–H groups in total. The summed E-state index contributed by atoms with van der Waals surface area (Å²) in [6, 6.07) is 7.21. The maximum atomic E-state index is 11.4.